The Morgan fingerprint density at radius 2 is 0.667 bits per heavy atom. The van der Waals surface area contributed by atoms with Crippen LogP contribution in [0, 0.1) is 0 Å². The van der Waals surface area contributed by atoms with Crippen LogP contribution in [0.4, 0.5) is 0 Å². The predicted octanol–water partition coefficient (Wildman–Crippen LogP) is 15.9. The van der Waals surface area contributed by atoms with Gasteiger partial charge in [-0.15, -0.1) is 0 Å². The molecule has 0 fully saturated rings. The second kappa shape index (κ2) is 12.0. The quantitative estimate of drug-likeness (QED) is 0.159. The van der Waals surface area contributed by atoms with Gasteiger partial charge < -0.3 is 0 Å². The molecule has 0 aliphatic heterocycles. The maximum atomic E-state index is 2.46. The van der Waals surface area contributed by atoms with Crippen molar-refractivity contribution in [2.75, 3.05) is 0 Å². The zero-order chi connectivity index (χ0) is 37.8. The van der Waals surface area contributed by atoms with Crippen molar-refractivity contribution in [1.29, 1.82) is 0 Å². The minimum Gasteiger partial charge on any atom is -0.0616 e. The third-order valence-electron chi connectivity index (χ3n) is 13.0. The first-order valence-corrected chi connectivity index (χ1v) is 20.1. The molecule has 266 valence electrons. The molecular formula is C57H38. The van der Waals surface area contributed by atoms with Gasteiger partial charge in [0.25, 0.3) is 0 Å². The van der Waals surface area contributed by atoms with Gasteiger partial charge in [0.15, 0.2) is 0 Å². The lowest BCUT2D eigenvalue weighted by atomic mass is 9.80. The zero-order valence-corrected chi connectivity index (χ0v) is 32.0. The molecule has 0 spiro atoms. The fourth-order valence-corrected chi connectivity index (χ4v) is 10.1. The van der Waals surface area contributed by atoms with E-state index in [1.165, 1.54) is 120 Å². The second-order valence-corrected chi connectivity index (χ2v) is 16.5. The fourth-order valence-electron chi connectivity index (χ4n) is 10.1. The lowest BCUT2D eigenvalue weighted by Crippen LogP contribution is -2.15. The van der Waals surface area contributed by atoms with Crippen LogP contribution in [-0.4, -0.2) is 0 Å². The van der Waals surface area contributed by atoms with Crippen molar-refractivity contribution in [2.24, 2.45) is 0 Å². The lowest BCUT2D eigenvalue weighted by molar-refractivity contribution is 0.661. The van der Waals surface area contributed by atoms with Gasteiger partial charge in [-0.2, -0.15) is 0 Å². The Bertz CT molecular complexity index is 3490. The largest absolute Gasteiger partial charge is 0.0616 e. The number of benzene rings is 11. The van der Waals surface area contributed by atoms with E-state index in [4.69, 9.17) is 0 Å². The molecule has 0 unspecified atom stereocenters. The van der Waals surface area contributed by atoms with Crippen molar-refractivity contribution in [3.05, 3.63) is 205 Å². The maximum absolute atomic E-state index is 2.46. The second-order valence-electron chi connectivity index (χ2n) is 16.5. The fraction of sp³-hybridized carbons (Fsp3) is 0.0526. The highest BCUT2D eigenvalue weighted by Gasteiger charge is 2.36. The van der Waals surface area contributed by atoms with E-state index in [-0.39, 0.29) is 5.41 Å². The summed E-state index contributed by atoms with van der Waals surface area (Å²) in [5.74, 6) is 0. The van der Waals surface area contributed by atoms with Crippen LogP contribution in [0.1, 0.15) is 25.0 Å². The van der Waals surface area contributed by atoms with Gasteiger partial charge in [0, 0.05) is 5.41 Å². The molecule has 0 bridgehead atoms. The summed E-state index contributed by atoms with van der Waals surface area (Å²) < 4.78 is 0. The van der Waals surface area contributed by atoms with E-state index >= 15 is 0 Å². The van der Waals surface area contributed by atoms with E-state index in [2.05, 4.69) is 208 Å². The van der Waals surface area contributed by atoms with Crippen LogP contribution >= 0.6 is 0 Å². The summed E-state index contributed by atoms with van der Waals surface area (Å²) in [6.07, 6.45) is 0. The summed E-state index contributed by atoms with van der Waals surface area (Å²) in [6, 6.07) is 72.7. The molecule has 12 rings (SSSR count). The summed E-state index contributed by atoms with van der Waals surface area (Å²) in [7, 11) is 0. The Morgan fingerprint density at radius 1 is 0.246 bits per heavy atom. The summed E-state index contributed by atoms with van der Waals surface area (Å²) in [4.78, 5) is 0. The minimum atomic E-state index is -0.136. The maximum Gasteiger partial charge on any atom is 0.0159 e. The molecule has 0 heterocycles. The summed E-state index contributed by atoms with van der Waals surface area (Å²) in [5.41, 5.74) is 12.9. The van der Waals surface area contributed by atoms with Crippen molar-refractivity contribution in [1.82, 2.24) is 0 Å². The van der Waals surface area contributed by atoms with Gasteiger partial charge in [-0.1, -0.05) is 172 Å². The Hall–Kier alpha value is -7.02. The Balaban J connectivity index is 0.923. The van der Waals surface area contributed by atoms with Gasteiger partial charge in [-0.05, 0) is 157 Å². The van der Waals surface area contributed by atoms with Crippen LogP contribution < -0.4 is 0 Å². The molecule has 0 heteroatoms. The van der Waals surface area contributed by atoms with Crippen molar-refractivity contribution >= 4 is 64.6 Å². The van der Waals surface area contributed by atoms with E-state index in [0.717, 1.165) is 0 Å². The standard InChI is InChI=1S/C57H38/c1-57(2)55-32-39(24-27-50(55)51-28-25-42(33-56(51)57)52-31-40-12-4-6-14-44(40)45-15-7-9-17-47(45)52)37-19-20-38-30-41(22-21-36(38)29-37)53-34-54-43-13-5-3-11-35(43)23-26-49(54)46-16-8-10-18-48(46)53/h3-34H,1-2H3. The topological polar surface area (TPSA) is 0 Å². The lowest BCUT2D eigenvalue weighted by Gasteiger charge is -2.23. The molecule has 11 aromatic carbocycles. The number of rotatable bonds is 3. The SMILES string of the molecule is CC1(C)c2cc(-c3ccc4cc(-c5cc6c7ccccc7ccc6c6ccccc56)ccc4c3)ccc2-c2ccc(-c3cc4ccccc4c4ccccc34)cc21. The highest BCUT2D eigenvalue weighted by molar-refractivity contribution is 6.21. The Morgan fingerprint density at radius 3 is 1.37 bits per heavy atom. The zero-order valence-electron chi connectivity index (χ0n) is 32.0. The molecular weight excluding hydrogens is 685 g/mol. The summed E-state index contributed by atoms with van der Waals surface area (Å²) in [6.45, 7) is 4.79. The van der Waals surface area contributed by atoms with Gasteiger partial charge in [0.05, 0.1) is 0 Å². The molecule has 0 saturated carbocycles. The molecule has 57 heavy (non-hydrogen) atoms. The van der Waals surface area contributed by atoms with Crippen molar-refractivity contribution in [2.45, 2.75) is 19.3 Å². The predicted molar refractivity (Wildman–Crippen MR) is 245 cm³/mol. The van der Waals surface area contributed by atoms with Gasteiger partial charge in [-0.25, -0.2) is 0 Å². The van der Waals surface area contributed by atoms with Crippen LogP contribution in [0.2, 0.25) is 0 Å². The van der Waals surface area contributed by atoms with E-state index < -0.39 is 0 Å². The monoisotopic (exact) mass is 722 g/mol. The molecule has 0 saturated heterocycles. The normalized spacial score (nSPS) is 13.2. The molecule has 0 N–H and O–H groups in total. The first-order chi connectivity index (χ1) is 28.0. The first kappa shape index (κ1) is 32.2. The first-order valence-electron chi connectivity index (χ1n) is 20.1. The molecule has 0 nitrogen and oxygen atoms in total. The Kier molecular flexibility index (Phi) is 6.78. The smallest absolute Gasteiger partial charge is 0.0159 e. The van der Waals surface area contributed by atoms with Crippen LogP contribution in [0.25, 0.3) is 109 Å². The molecule has 0 atom stereocenters. The molecule has 11 aromatic rings. The van der Waals surface area contributed by atoms with E-state index in [0.29, 0.717) is 0 Å². The van der Waals surface area contributed by atoms with Crippen LogP contribution in [0.3, 0.4) is 0 Å². The molecule has 0 amide bonds. The summed E-state index contributed by atoms with van der Waals surface area (Å²) in [5, 5.41) is 15.5. The van der Waals surface area contributed by atoms with Gasteiger partial charge in [0.2, 0.25) is 0 Å². The van der Waals surface area contributed by atoms with Gasteiger partial charge >= 0.3 is 0 Å². The molecule has 0 radical (unpaired) electrons. The number of hydrogen-bond acceptors (Lipinski definition) is 0. The van der Waals surface area contributed by atoms with E-state index in [1.54, 1.807) is 0 Å². The highest BCUT2D eigenvalue weighted by Crippen LogP contribution is 2.51. The number of fused-ring (bicyclic) bond motifs is 12. The third kappa shape index (κ3) is 4.81. The average molecular weight is 723 g/mol. The van der Waals surface area contributed by atoms with Gasteiger partial charge in [-0.3, -0.25) is 0 Å². The van der Waals surface area contributed by atoms with Crippen LogP contribution in [0.5, 0.6) is 0 Å². The van der Waals surface area contributed by atoms with Crippen molar-refractivity contribution in [3.63, 3.8) is 0 Å². The highest BCUT2D eigenvalue weighted by atomic mass is 14.4. The average Bonchev–Trinajstić information content (AvgIpc) is 3.49. The van der Waals surface area contributed by atoms with Crippen molar-refractivity contribution in [3.8, 4) is 44.5 Å². The third-order valence-corrected chi connectivity index (χ3v) is 13.0. The minimum absolute atomic E-state index is 0.136. The number of hydrogen-bond donors (Lipinski definition) is 0. The van der Waals surface area contributed by atoms with Gasteiger partial charge in [0.1, 0.15) is 0 Å². The van der Waals surface area contributed by atoms with E-state index in [1.807, 2.05) is 0 Å². The Labute approximate surface area is 332 Å². The molecule has 1 aliphatic rings. The van der Waals surface area contributed by atoms with Crippen molar-refractivity contribution < 1.29 is 0 Å². The van der Waals surface area contributed by atoms with Crippen LogP contribution in [0.15, 0.2) is 194 Å². The molecule has 0 aromatic heterocycles. The summed E-state index contributed by atoms with van der Waals surface area (Å²) >= 11 is 0. The van der Waals surface area contributed by atoms with Crippen LogP contribution in [-0.2, 0) is 5.41 Å². The molecule has 1 aliphatic carbocycles. The van der Waals surface area contributed by atoms with E-state index in [9.17, 15) is 0 Å².